The molecule has 0 amide bonds. The number of benzene rings is 2. The third-order valence-corrected chi connectivity index (χ3v) is 5.07. The van der Waals surface area contributed by atoms with Gasteiger partial charge in [-0.1, -0.05) is 12.1 Å². The summed E-state index contributed by atoms with van der Waals surface area (Å²) in [6.07, 6.45) is 0. The van der Waals surface area contributed by atoms with Crippen LogP contribution in [0, 0.1) is 12.7 Å². The van der Waals surface area contributed by atoms with Crippen molar-refractivity contribution in [2.24, 2.45) is 0 Å². The van der Waals surface area contributed by atoms with Crippen molar-refractivity contribution in [3.05, 3.63) is 64.5 Å². The first-order chi connectivity index (χ1) is 12.5. The van der Waals surface area contributed by atoms with E-state index < -0.39 is 0 Å². The maximum atomic E-state index is 13.3. The normalized spacial score (nSPS) is 11.0. The van der Waals surface area contributed by atoms with E-state index in [9.17, 15) is 9.50 Å². The summed E-state index contributed by atoms with van der Waals surface area (Å²) in [4.78, 5) is 9.39. The monoisotopic (exact) mass is 385 g/mol. The van der Waals surface area contributed by atoms with Crippen molar-refractivity contribution in [2.75, 3.05) is 5.32 Å². The smallest absolute Gasteiger partial charge is 0.225 e. The minimum Gasteiger partial charge on any atom is -0.508 e. The molecule has 0 aliphatic rings. The Morgan fingerprint density at radius 1 is 1.12 bits per heavy atom. The summed E-state index contributed by atoms with van der Waals surface area (Å²) in [6, 6.07) is 11.3. The van der Waals surface area contributed by atoms with Crippen LogP contribution in [0.1, 0.15) is 5.56 Å². The van der Waals surface area contributed by atoms with E-state index in [1.165, 1.54) is 23.5 Å². The standard InChI is InChI=1S/C19H13ClFN3OS/c1-10-8-13(25)6-7-15(10)22-17-16-14(11-2-4-12(21)5-3-11)9-26-18(16)24-19(20)23-17/h2-9,25H,1H3,(H,22,23,24). The SMILES string of the molecule is Cc1cc(O)ccc1Nc1nc(Cl)nc2scc(-c3ccc(F)cc3)c12. The number of aromatic hydroxyl groups is 1. The van der Waals surface area contributed by atoms with Crippen LogP contribution in [0.5, 0.6) is 5.75 Å². The molecule has 26 heavy (non-hydrogen) atoms. The molecule has 0 fully saturated rings. The minimum atomic E-state index is -0.286. The zero-order valence-electron chi connectivity index (χ0n) is 13.6. The van der Waals surface area contributed by atoms with Crippen molar-refractivity contribution in [1.29, 1.82) is 0 Å². The highest BCUT2D eigenvalue weighted by atomic mass is 35.5. The van der Waals surface area contributed by atoms with Crippen molar-refractivity contribution in [3.8, 4) is 16.9 Å². The molecule has 2 aromatic carbocycles. The lowest BCUT2D eigenvalue weighted by atomic mass is 10.1. The maximum absolute atomic E-state index is 13.3. The molecule has 2 aromatic heterocycles. The van der Waals surface area contributed by atoms with E-state index in [4.69, 9.17) is 11.6 Å². The van der Waals surface area contributed by atoms with Gasteiger partial charge < -0.3 is 10.4 Å². The number of aromatic nitrogens is 2. The first-order valence-electron chi connectivity index (χ1n) is 7.78. The number of hydrogen-bond donors (Lipinski definition) is 2. The third kappa shape index (κ3) is 3.09. The van der Waals surface area contributed by atoms with Gasteiger partial charge in [0.1, 0.15) is 22.2 Å². The number of nitrogens with zero attached hydrogens (tertiary/aromatic N) is 2. The Labute approximate surface area is 157 Å². The Kier molecular flexibility index (Phi) is 4.22. The Bertz CT molecular complexity index is 1110. The van der Waals surface area contributed by atoms with Crippen molar-refractivity contribution < 1.29 is 9.50 Å². The lowest BCUT2D eigenvalue weighted by molar-refractivity contribution is 0.475. The highest BCUT2D eigenvalue weighted by Crippen LogP contribution is 2.39. The van der Waals surface area contributed by atoms with E-state index in [1.807, 2.05) is 12.3 Å². The van der Waals surface area contributed by atoms with Crippen molar-refractivity contribution >= 4 is 44.7 Å². The number of rotatable bonds is 3. The van der Waals surface area contributed by atoms with Crippen molar-refractivity contribution in [1.82, 2.24) is 9.97 Å². The zero-order chi connectivity index (χ0) is 18.3. The fraction of sp³-hybridized carbons (Fsp3) is 0.0526. The van der Waals surface area contributed by atoms with Crippen LogP contribution in [0.4, 0.5) is 15.9 Å². The summed E-state index contributed by atoms with van der Waals surface area (Å²) in [5.74, 6) is 0.474. The Hall–Kier alpha value is -2.70. The van der Waals surface area contributed by atoms with Crippen LogP contribution in [0.2, 0.25) is 5.28 Å². The lowest BCUT2D eigenvalue weighted by Gasteiger charge is -2.11. The van der Waals surface area contributed by atoms with Gasteiger partial charge in [-0.15, -0.1) is 11.3 Å². The second-order valence-corrected chi connectivity index (χ2v) is 7.00. The number of phenols is 1. The van der Waals surface area contributed by atoms with Gasteiger partial charge in [-0.25, -0.2) is 9.37 Å². The molecule has 7 heteroatoms. The van der Waals surface area contributed by atoms with Gasteiger partial charge in [0.25, 0.3) is 0 Å². The maximum Gasteiger partial charge on any atom is 0.225 e. The van der Waals surface area contributed by atoms with Crippen LogP contribution in [0.25, 0.3) is 21.3 Å². The number of anilines is 2. The first-order valence-corrected chi connectivity index (χ1v) is 9.04. The van der Waals surface area contributed by atoms with E-state index in [1.54, 1.807) is 30.3 Å². The van der Waals surface area contributed by atoms with Crippen LogP contribution in [-0.4, -0.2) is 15.1 Å². The molecule has 2 N–H and O–H groups in total. The van der Waals surface area contributed by atoms with Gasteiger partial charge >= 0.3 is 0 Å². The van der Waals surface area contributed by atoms with Crippen molar-refractivity contribution in [3.63, 3.8) is 0 Å². The first kappa shape index (κ1) is 16.8. The second-order valence-electron chi connectivity index (χ2n) is 5.80. The predicted molar refractivity (Wildman–Crippen MR) is 104 cm³/mol. The van der Waals surface area contributed by atoms with Gasteiger partial charge in [0, 0.05) is 16.6 Å². The molecule has 0 unspecified atom stereocenters. The summed E-state index contributed by atoms with van der Waals surface area (Å²) in [5.41, 5.74) is 3.44. The number of aryl methyl sites for hydroxylation is 1. The predicted octanol–water partition coefficient (Wildman–Crippen LogP) is 5.91. The molecule has 130 valence electrons. The molecule has 0 aliphatic carbocycles. The molecule has 4 rings (SSSR count). The van der Waals surface area contributed by atoms with E-state index in [2.05, 4.69) is 15.3 Å². The van der Waals surface area contributed by atoms with Crippen LogP contribution < -0.4 is 5.32 Å². The molecule has 0 saturated heterocycles. The number of phenolic OH excluding ortho intramolecular Hbond substituents is 1. The molecule has 0 radical (unpaired) electrons. The van der Waals surface area contributed by atoms with Gasteiger partial charge in [-0.05, 0) is 60.0 Å². The highest BCUT2D eigenvalue weighted by molar-refractivity contribution is 7.17. The van der Waals surface area contributed by atoms with E-state index >= 15 is 0 Å². The fourth-order valence-electron chi connectivity index (χ4n) is 2.76. The Morgan fingerprint density at radius 3 is 2.62 bits per heavy atom. The highest BCUT2D eigenvalue weighted by Gasteiger charge is 2.16. The van der Waals surface area contributed by atoms with E-state index in [0.29, 0.717) is 5.82 Å². The number of thiophene rings is 1. The van der Waals surface area contributed by atoms with Crippen molar-refractivity contribution in [2.45, 2.75) is 6.92 Å². The summed E-state index contributed by atoms with van der Waals surface area (Å²) in [5, 5.41) is 15.8. The van der Waals surface area contributed by atoms with Crippen LogP contribution >= 0.6 is 22.9 Å². The zero-order valence-corrected chi connectivity index (χ0v) is 15.2. The molecule has 4 nitrogen and oxygen atoms in total. The average Bonchev–Trinajstić information content (AvgIpc) is 3.02. The Balaban J connectivity index is 1.88. The molecule has 2 heterocycles. The summed E-state index contributed by atoms with van der Waals surface area (Å²) >= 11 is 7.54. The van der Waals surface area contributed by atoms with Gasteiger partial charge in [0.15, 0.2) is 0 Å². The van der Waals surface area contributed by atoms with E-state index in [-0.39, 0.29) is 16.9 Å². The quantitative estimate of drug-likeness (QED) is 0.340. The molecular weight excluding hydrogens is 373 g/mol. The lowest BCUT2D eigenvalue weighted by Crippen LogP contribution is -1.98. The molecule has 4 aromatic rings. The largest absolute Gasteiger partial charge is 0.508 e. The molecule has 0 aliphatic heterocycles. The number of fused-ring (bicyclic) bond motifs is 1. The van der Waals surface area contributed by atoms with Crippen LogP contribution in [-0.2, 0) is 0 Å². The minimum absolute atomic E-state index is 0.143. The average molecular weight is 386 g/mol. The van der Waals surface area contributed by atoms with Crippen LogP contribution in [0.15, 0.2) is 47.8 Å². The molecule has 0 bridgehead atoms. The molecule has 0 spiro atoms. The van der Waals surface area contributed by atoms with Gasteiger partial charge in [-0.3, -0.25) is 0 Å². The number of halogens is 2. The fourth-order valence-corrected chi connectivity index (χ4v) is 3.93. The molecule has 0 saturated carbocycles. The van der Waals surface area contributed by atoms with Gasteiger partial charge in [0.05, 0.1) is 5.39 Å². The second kappa shape index (κ2) is 6.55. The summed E-state index contributed by atoms with van der Waals surface area (Å²) in [7, 11) is 0. The Morgan fingerprint density at radius 2 is 1.88 bits per heavy atom. The number of nitrogens with one attached hydrogen (secondary N) is 1. The molecule has 0 atom stereocenters. The summed E-state index contributed by atoms with van der Waals surface area (Å²) < 4.78 is 13.3. The van der Waals surface area contributed by atoms with Gasteiger partial charge in [0.2, 0.25) is 5.28 Å². The topological polar surface area (TPSA) is 58.0 Å². The number of hydrogen-bond acceptors (Lipinski definition) is 5. The van der Waals surface area contributed by atoms with E-state index in [0.717, 1.165) is 32.6 Å². The third-order valence-electron chi connectivity index (χ3n) is 4.02. The van der Waals surface area contributed by atoms with Gasteiger partial charge in [-0.2, -0.15) is 4.98 Å². The molecular formula is C19H13ClFN3OS. The summed E-state index contributed by atoms with van der Waals surface area (Å²) in [6.45, 7) is 1.89. The van der Waals surface area contributed by atoms with Crippen LogP contribution in [0.3, 0.4) is 0 Å².